The third kappa shape index (κ3) is 2.69. The number of aryl methyl sites for hydroxylation is 2. The Labute approximate surface area is 128 Å². The number of nitro groups is 1. The Morgan fingerprint density at radius 3 is 2.73 bits per heavy atom. The first-order valence-corrected chi connectivity index (χ1v) is 7.22. The van der Waals surface area contributed by atoms with Crippen LogP contribution in [0.25, 0.3) is 0 Å². The molecule has 1 unspecified atom stereocenters. The molecule has 0 spiro atoms. The number of ether oxygens (including phenoxy) is 1. The molecule has 1 aromatic carbocycles. The van der Waals surface area contributed by atoms with E-state index in [1.54, 1.807) is 19.1 Å². The number of hydrogen-bond donors (Lipinski definition) is 0. The smallest absolute Gasteiger partial charge is 0.272 e. The molecule has 1 atom stereocenters. The van der Waals surface area contributed by atoms with Gasteiger partial charge in [-0.25, -0.2) is 0 Å². The van der Waals surface area contributed by atoms with Crippen LogP contribution in [-0.4, -0.2) is 24.7 Å². The van der Waals surface area contributed by atoms with Crippen molar-refractivity contribution < 1.29 is 14.1 Å². The van der Waals surface area contributed by atoms with E-state index in [0.717, 1.165) is 23.8 Å². The van der Waals surface area contributed by atoms with Crippen molar-refractivity contribution in [2.45, 2.75) is 19.9 Å². The number of furan rings is 1. The number of anilines is 1. The topological polar surface area (TPSA) is 68.8 Å². The predicted molar refractivity (Wildman–Crippen MR) is 82.2 cm³/mol. The zero-order chi connectivity index (χ0) is 15.7. The van der Waals surface area contributed by atoms with E-state index in [4.69, 9.17) is 9.15 Å². The summed E-state index contributed by atoms with van der Waals surface area (Å²) < 4.78 is 11.3. The second-order valence-corrected chi connectivity index (χ2v) is 5.46. The van der Waals surface area contributed by atoms with Crippen LogP contribution >= 0.6 is 0 Å². The van der Waals surface area contributed by atoms with Gasteiger partial charge in [-0.3, -0.25) is 10.1 Å². The summed E-state index contributed by atoms with van der Waals surface area (Å²) in [4.78, 5) is 12.8. The fraction of sp³-hybridized carbons (Fsp3) is 0.375. The summed E-state index contributed by atoms with van der Waals surface area (Å²) in [5.74, 6) is 1.72. The molecule has 3 rings (SSSR count). The summed E-state index contributed by atoms with van der Waals surface area (Å²) in [5, 5.41) is 11.0. The van der Waals surface area contributed by atoms with E-state index in [9.17, 15) is 10.1 Å². The van der Waals surface area contributed by atoms with Crippen LogP contribution in [0.3, 0.4) is 0 Å². The molecule has 0 amide bonds. The highest BCUT2D eigenvalue weighted by Crippen LogP contribution is 2.33. The van der Waals surface area contributed by atoms with Crippen LogP contribution in [-0.2, 0) is 4.74 Å². The molecule has 0 radical (unpaired) electrons. The van der Waals surface area contributed by atoms with Crippen molar-refractivity contribution in [1.82, 2.24) is 0 Å². The van der Waals surface area contributed by atoms with E-state index in [1.165, 1.54) is 0 Å². The molecule has 2 heterocycles. The summed E-state index contributed by atoms with van der Waals surface area (Å²) in [6, 6.07) is 9.09. The molecule has 6 nitrogen and oxygen atoms in total. The molecule has 0 aliphatic carbocycles. The molecule has 2 aromatic rings. The normalized spacial score (nSPS) is 18.5. The van der Waals surface area contributed by atoms with Gasteiger partial charge in [0.2, 0.25) is 0 Å². The van der Waals surface area contributed by atoms with Crippen molar-refractivity contribution in [3.63, 3.8) is 0 Å². The molecule has 1 fully saturated rings. The average Bonchev–Trinajstić information content (AvgIpc) is 2.93. The second kappa shape index (κ2) is 5.81. The lowest BCUT2D eigenvalue weighted by Gasteiger charge is -2.36. The standard InChI is InChI=1S/C16H18N2O4/c1-11-9-13(4-5-14(11)18(19)20)17-7-8-21-10-15(17)16-6-3-12(2)22-16/h3-6,9,15H,7-8,10H2,1-2H3. The van der Waals surface area contributed by atoms with Crippen LogP contribution in [0.1, 0.15) is 23.1 Å². The Hall–Kier alpha value is -2.34. The molecule has 1 aliphatic rings. The third-order valence-corrected chi connectivity index (χ3v) is 3.93. The summed E-state index contributed by atoms with van der Waals surface area (Å²) in [6.45, 7) is 5.57. The van der Waals surface area contributed by atoms with Gasteiger partial charge in [-0.2, -0.15) is 0 Å². The average molecular weight is 302 g/mol. The molecule has 0 N–H and O–H groups in total. The monoisotopic (exact) mass is 302 g/mol. The van der Waals surface area contributed by atoms with E-state index in [2.05, 4.69) is 4.90 Å². The minimum absolute atomic E-state index is 0.0108. The quantitative estimate of drug-likeness (QED) is 0.642. The molecular formula is C16H18N2O4. The molecule has 0 bridgehead atoms. The van der Waals surface area contributed by atoms with E-state index < -0.39 is 0 Å². The molecule has 22 heavy (non-hydrogen) atoms. The highest BCUT2D eigenvalue weighted by Gasteiger charge is 2.28. The highest BCUT2D eigenvalue weighted by molar-refractivity contribution is 5.56. The lowest BCUT2D eigenvalue weighted by Crippen LogP contribution is -2.39. The number of morpholine rings is 1. The first-order chi connectivity index (χ1) is 10.6. The first kappa shape index (κ1) is 14.6. The maximum Gasteiger partial charge on any atom is 0.272 e. The van der Waals surface area contributed by atoms with Gasteiger partial charge in [-0.15, -0.1) is 0 Å². The summed E-state index contributed by atoms with van der Waals surface area (Å²) >= 11 is 0. The van der Waals surface area contributed by atoms with Crippen molar-refractivity contribution >= 4 is 11.4 Å². The van der Waals surface area contributed by atoms with E-state index >= 15 is 0 Å². The van der Waals surface area contributed by atoms with Gasteiger partial charge >= 0.3 is 0 Å². The molecule has 1 aromatic heterocycles. The van der Waals surface area contributed by atoms with Gasteiger partial charge in [-0.1, -0.05) is 0 Å². The van der Waals surface area contributed by atoms with Crippen LogP contribution in [0.4, 0.5) is 11.4 Å². The van der Waals surface area contributed by atoms with Crippen molar-refractivity contribution in [2.75, 3.05) is 24.7 Å². The van der Waals surface area contributed by atoms with Gasteiger partial charge < -0.3 is 14.1 Å². The van der Waals surface area contributed by atoms with Crippen molar-refractivity contribution in [3.05, 3.63) is 57.5 Å². The van der Waals surface area contributed by atoms with Crippen molar-refractivity contribution in [2.24, 2.45) is 0 Å². The predicted octanol–water partition coefficient (Wildman–Crippen LogP) is 3.38. The minimum Gasteiger partial charge on any atom is -0.464 e. The largest absolute Gasteiger partial charge is 0.464 e. The fourth-order valence-corrected chi connectivity index (χ4v) is 2.80. The Morgan fingerprint density at radius 2 is 2.09 bits per heavy atom. The SMILES string of the molecule is Cc1ccc(C2COCCN2c2ccc([N+](=O)[O-])c(C)c2)o1. The number of hydrogen-bond acceptors (Lipinski definition) is 5. The first-order valence-electron chi connectivity index (χ1n) is 7.22. The van der Waals surface area contributed by atoms with Gasteiger partial charge in [0.15, 0.2) is 0 Å². The number of benzene rings is 1. The highest BCUT2D eigenvalue weighted by atomic mass is 16.6. The number of rotatable bonds is 3. The fourth-order valence-electron chi connectivity index (χ4n) is 2.80. The summed E-state index contributed by atoms with van der Waals surface area (Å²) in [5.41, 5.74) is 1.75. The van der Waals surface area contributed by atoms with Gasteiger partial charge in [0.25, 0.3) is 5.69 Å². The molecule has 116 valence electrons. The van der Waals surface area contributed by atoms with Gasteiger partial charge in [0.05, 0.1) is 18.1 Å². The third-order valence-electron chi connectivity index (χ3n) is 3.93. The van der Waals surface area contributed by atoms with Crippen LogP contribution in [0.15, 0.2) is 34.7 Å². The van der Waals surface area contributed by atoms with E-state index in [0.29, 0.717) is 18.8 Å². The van der Waals surface area contributed by atoms with Crippen LogP contribution in [0, 0.1) is 24.0 Å². The minimum atomic E-state index is -0.355. The van der Waals surface area contributed by atoms with Gasteiger partial charge in [-0.05, 0) is 38.1 Å². The zero-order valence-corrected chi connectivity index (χ0v) is 12.6. The molecule has 6 heteroatoms. The molecule has 1 aliphatic heterocycles. The Balaban J connectivity index is 1.94. The summed E-state index contributed by atoms with van der Waals surface area (Å²) in [7, 11) is 0. The van der Waals surface area contributed by atoms with Crippen LogP contribution in [0.5, 0.6) is 0 Å². The molecular weight excluding hydrogens is 284 g/mol. The van der Waals surface area contributed by atoms with Crippen LogP contribution < -0.4 is 4.90 Å². The van der Waals surface area contributed by atoms with Gasteiger partial charge in [0, 0.05) is 23.9 Å². The number of nitrogens with zero attached hydrogens (tertiary/aromatic N) is 2. The summed E-state index contributed by atoms with van der Waals surface area (Å²) in [6.07, 6.45) is 0. The maximum absolute atomic E-state index is 11.0. The lowest BCUT2D eigenvalue weighted by molar-refractivity contribution is -0.385. The Kier molecular flexibility index (Phi) is 3.85. The Bertz CT molecular complexity index is 695. The number of nitro benzene ring substituents is 1. The molecule has 1 saturated heterocycles. The zero-order valence-electron chi connectivity index (χ0n) is 12.6. The van der Waals surface area contributed by atoms with E-state index in [-0.39, 0.29) is 16.7 Å². The Morgan fingerprint density at radius 1 is 1.27 bits per heavy atom. The van der Waals surface area contributed by atoms with Crippen molar-refractivity contribution in [3.8, 4) is 0 Å². The van der Waals surface area contributed by atoms with Gasteiger partial charge in [0.1, 0.15) is 17.6 Å². The van der Waals surface area contributed by atoms with Crippen LogP contribution in [0.2, 0.25) is 0 Å². The lowest BCUT2D eigenvalue weighted by atomic mass is 10.1. The van der Waals surface area contributed by atoms with E-state index in [1.807, 2.05) is 25.1 Å². The maximum atomic E-state index is 11.0. The molecule has 0 saturated carbocycles. The van der Waals surface area contributed by atoms with Crippen molar-refractivity contribution in [1.29, 1.82) is 0 Å². The second-order valence-electron chi connectivity index (χ2n) is 5.46.